The fourth-order valence-electron chi connectivity index (χ4n) is 2.70. The molecule has 0 spiro atoms. The zero-order chi connectivity index (χ0) is 18.1. The molecule has 1 saturated heterocycles. The summed E-state index contributed by atoms with van der Waals surface area (Å²) in [7, 11) is -6.76. The summed E-state index contributed by atoms with van der Waals surface area (Å²) in [5.41, 5.74) is 2.15. The Hall–Kier alpha value is -1.61. The number of hydrogen-bond donors (Lipinski definition) is 1. The summed E-state index contributed by atoms with van der Waals surface area (Å²) in [5.74, 6) is -0.561. The highest BCUT2D eigenvalue weighted by atomic mass is 32.2. The van der Waals surface area contributed by atoms with E-state index in [1.165, 1.54) is 0 Å². The van der Waals surface area contributed by atoms with E-state index in [2.05, 4.69) is 5.32 Å². The molecule has 1 aromatic rings. The second-order valence-electron chi connectivity index (χ2n) is 6.16. The monoisotopic (exact) mass is 374 g/mol. The Kier molecular flexibility index (Phi) is 5.24. The normalized spacial score (nSPS) is 19.9. The zero-order valence-corrected chi connectivity index (χ0v) is 15.6. The number of rotatable bonds is 5. The van der Waals surface area contributed by atoms with Crippen molar-refractivity contribution < 1.29 is 21.6 Å². The average molecular weight is 374 g/mol. The van der Waals surface area contributed by atoms with Crippen LogP contribution in [0.25, 0.3) is 0 Å². The Balaban J connectivity index is 2.18. The smallest absolute Gasteiger partial charge is 0.241 e. The van der Waals surface area contributed by atoms with Crippen LogP contribution >= 0.6 is 0 Å². The highest BCUT2D eigenvalue weighted by Crippen LogP contribution is 2.24. The van der Waals surface area contributed by atoms with Gasteiger partial charge in [-0.05, 0) is 37.5 Å². The van der Waals surface area contributed by atoms with Crippen LogP contribution in [-0.2, 0) is 24.7 Å². The van der Waals surface area contributed by atoms with Crippen LogP contribution in [0.4, 0.5) is 5.69 Å². The minimum atomic E-state index is -3.65. The lowest BCUT2D eigenvalue weighted by molar-refractivity contribution is -0.120. The van der Waals surface area contributed by atoms with Gasteiger partial charge in [0.15, 0.2) is 9.84 Å². The van der Waals surface area contributed by atoms with Gasteiger partial charge < -0.3 is 5.32 Å². The number of carbonyl (C=O) groups excluding carboxylic acids is 1. The van der Waals surface area contributed by atoms with Crippen molar-refractivity contribution in [3.05, 3.63) is 29.3 Å². The molecule has 9 heteroatoms. The molecule has 0 aliphatic carbocycles. The van der Waals surface area contributed by atoms with Crippen molar-refractivity contribution in [1.82, 2.24) is 5.32 Å². The molecule has 1 fully saturated rings. The lowest BCUT2D eigenvalue weighted by Crippen LogP contribution is -2.44. The SMILES string of the molecule is Cc1cccc(N(CC(=O)NC2CCS(=O)(=O)C2)S(C)(=O)=O)c1C. The molecule has 134 valence electrons. The third-order valence-corrected chi connectivity index (χ3v) is 7.02. The Labute approximate surface area is 143 Å². The number of amides is 1. The molecule has 0 radical (unpaired) electrons. The van der Waals surface area contributed by atoms with Gasteiger partial charge in [-0.2, -0.15) is 0 Å². The number of anilines is 1. The van der Waals surface area contributed by atoms with E-state index in [1.807, 2.05) is 13.0 Å². The van der Waals surface area contributed by atoms with Crippen molar-refractivity contribution in [3.63, 3.8) is 0 Å². The number of aryl methyl sites for hydroxylation is 1. The van der Waals surface area contributed by atoms with Gasteiger partial charge >= 0.3 is 0 Å². The maximum atomic E-state index is 12.2. The van der Waals surface area contributed by atoms with E-state index in [1.54, 1.807) is 19.1 Å². The lowest BCUT2D eigenvalue weighted by atomic mass is 10.1. The van der Waals surface area contributed by atoms with Crippen molar-refractivity contribution in [2.75, 3.05) is 28.6 Å². The van der Waals surface area contributed by atoms with Gasteiger partial charge in [0.1, 0.15) is 6.54 Å². The number of carbonyl (C=O) groups is 1. The van der Waals surface area contributed by atoms with Crippen LogP contribution in [0.5, 0.6) is 0 Å². The predicted molar refractivity (Wildman–Crippen MR) is 93.3 cm³/mol. The maximum Gasteiger partial charge on any atom is 0.241 e. The van der Waals surface area contributed by atoms with Crippen LogP contribution in [0.3, 0.4) is 0 Å². The van der Waals surface area contributed by atoms with Gasteiger partial charge in [0.2, 0.25) is 15.9 Å². The van der Waals surface area contributed by atoms with Gasteiger partial charge in [0, 0.05) is 6.04 Å². The molecule has 1 aliphatic rings. The Morgan fingerprint density at radius 3 is 2.54 bits per heavy atom. The van der Waals surface area contributed by atoms with Gasteiger partial charge in [0.25, 0.3) is 0 Å². The van der Waals surface area contributed by atoms with Gasteiger partial charge in [-0.3, -0.25) is 9.10 Å². The third kappa shape index (κ3) is 4.47. The topological polar surface area (TPSA) is 101 Å². The molecule has 1 aliphatic heterocycles. The number of benzene rings is 1. The highest BCUT2D eigenvalue weighted by molar-refractivity contribution is 7.92. The van der Waals surface area contributed by atoms with Crippen LogP contribution in [-0.4, -0.2) is 53.1 Å². The molecule has 24 heavy (non-hydrogen) atoms. The molecule has 0 bridgehead atoms. The second-order valence-corrected chi connectivity index (χ2v) is 10.3. The van der Waals surface area contributed by atoms with E-state index >= 15 is 0 Å². The zero-order valence-electron chi connectivity index (χ0n) is 13.9. The van der Waals surface area contributed by atoms with E-state index in [-0.39, 0.29) is 18.1 Å². The molecular weight excluding hydrogens is 352 g/mol. The van der Waals surface area contributed by atoms with E-state index in [9.17, 15) is 21.6 Å². The molecule has 7 nitrogen and oxygen atoms in total. The number of nitrogens with zero attached hydrogens (tertiary/aromatic N) is 1. The van der Waals surface area contributed by atoms with Crippen LogP contribution in [0, 0.1) is 13.8 Å². The number of sulfone groups is 1. The summed E-state index contributed by atoms with van der Waals surface area (Å²) >= 11 is 0. The van der Waals surface area contributed by atoms with Gasteiger partial charge in [-0.25, -0.2) is 16.8 Å². The molecule has 0 saturated carbocycles. The second kappa shape index (κ2) is 6.72. The standard InChI is InChI=1S/C15H22N2O5S2/c1-11-5-4-6-14(12(11)2)17(23(3,19)20)9-15(18)16-13-7-8-24(21,22)10-13/h4-6,13H,7-10H2,1-3H3,(H,16,18). The molecule has 1 aromatic carbocycles. The molecule has 1 heterocycles. The fourth-order valence-corrected chi connectivity index (χ4v) is 5.28. The first kappa shape index (κ1) is 18.7. The first-order valence-corrected chi connectivity index (χ1v) is 11.2. The Morgan fingerprint density at radius 2 is 2.00 bits per heavy atom. The maximum absolute atomic E-state index is 12.2. The Bertz CT molecular complexity index is 847. The first-order valence-electron chi connectivity index (χ1n) is 7.53. The summed E-state index contributed by atoms with van der Waals surface area (Å²) in [6.45, 7) is 3.28. The molecule has 1 unspecified atom stereocenters. The average Bonchev–Trinajstić information content (AvgIpc) is 2.77. The molecule has 2 rings (SSSR count). The molecule has 1 amide bonds. The van der Waals surface area contributed by atoms with Crippen LogP contribution in [0.2, 0.25) is 0 Å². The van der Waals surface area contributed by atoms with Crippen LogP contribution in [0.1, 0.15) is 17.5 Å². The summed E-state index contributed by atoms with van der Waals surface area (Å²) in [6, 6.07) is 4.79. The quantitative estimate of drug-likeness (QED) is 0.803. The predicted octanol–water partition coefficient (Wildman–Crippen LogP) is 0.373. The first-order chi connectivity index (χ1) is 11.0. The molecule has 1 atom stereocenters. The van der Waals surface area contributed by atoms with E-state index in [4.69, 9.17) is 0 Å². The van der Waals surface area contributed by atoms with Crippen LogP contribution in [0.15, 0.2) is 18.2 Å². The van der Waals surface area contributed by atoms with Crippen LogP contribution < -0.4 is 9.62 Å². The summed E-state index contributed by atoms with van der Waals surface area (Å²) < 4.78 is 48.2. The molecule has 0 aromatic heterocycles. The third-order valence-electron chi connectivity index (χ3n) is 4.13. The van der Waals surface area contributed by atoms with Crippen molar-refractivity contribution in [2.45, 2.75) is 26.3 Å². The minimum absolute atomic E-state index is 0.0464. The van der Waals surface area contributed by atoms with Crippen molar-refractivity contribution in [1.29, 1.82) is 0 Å². The van der Waals surface area contributed by atoms with Crippen molar-refractivity contribution in [3.8, 4) is 0 Å². The fraction of sp³-hybridized carbons (Fsp3) is 0.533. The molecule has 1 N–H and O–H groups in total. The Morgan fingerprint density at radius 1 is 1.33 bits per heavy atom. The van der Waals surface area contributed by atoms with Crippen molar-refractivity contribution >= 4 is 31.5 Å². The molecular formula is C15H22N2O5S2. The van der Waals surface area contributed by atoms with Gasteiger partial charge in [-0.15, -0.1) is 0 Å². The van der Waals surface area contributed by atoms with E-state index in [0.717, 1.165) is 21.7 Å². The van der Waals surface area contributed by atoms with Crippen molar-refractivity contribution in [2.24, 2.45) is 0 Å². The van der Waals surface area contributed by atoms with E-state index < -0.39 is 31.8 Å². The summed E-state index contributed by atoms with van der Waals surface area (Å²) in [6.07, 6.45) is 1.40. The summed E-state index contributed by atoms with van der Waals surface area (Å²) in [5, 5.41) is 2.62. The number of hydrogen-bond acceptors (Lipinski definition) is 5. The highest BCUT2D eigenvalue weighted by Gasteiger charge is 2.30. The summed E-state index contributed by atoms with van der Waals surface area (Å²) in [4.78, 5) is 12.2. The largest absolute Gasteiger partial charge is 0.351 e. The van der Waals surface area contributed by atoms with E-state index in [0.29, 0.717) is 12.1 Å². The lowest BCUT2D eigenvalue weighted by Gasteiger charge is -2.25. The van der Waals surface area contributed by atoms with Gasteiger partial charge in [0.05, 0.1) is 23.4 Å². The van der Waals surface area contributed by atoms with Gasteiger partial charge in [-0.1, -0.05) is 12.1 Å². The number of nitrogens with one attached hydrogen (secondary N) is 1. The minimum Gasteiger partial charge on any atom is -0.351 e. The number of sulfonamides is 1.